The van der Waals surface area contributed by atoms with Crippen molar-refractivity contribution in [2.45, 2.75) is 19.5 Å². The van der Waals surface area contributed by atoms with Gasteiger partial charge in [0.1, 0.15) is 11.4 Å². The molecule has 0 atom stereocenters. The Hall–Kier alpha value is -2.18. The van der Waals surface area contributed by atoms with Crippen LogP contribution in [0.5, 0.6) is 5.75 Å². The van der Waals surface area contributed by atoms with E-state index in [0.29, 0.717) is 18.0 Å². The standard InChI is InChI=1S/C13H14F3N3O/c1-2-6-20-11-5-3-4-10(12(11)17)19-8-9(7-18-19)13(14,15)16/h3-5,7-8H,2,6,17H2,1H3. The van der Waals surface area contributed by atoms with Crippen molar-refractivity contribution in [3.05, 3.63) is 36.2 Å². The van der Waals surface area contributed by atoms with Crippen molar-refractivity contribution < 1.29 is 17.9 Å². The van der Waals surface area contributed by atoms with E-state index in [0.717, 1.165) is 23.5 Å². The zero-order chi connectivity index (χ0) is 14.8. The highest BCUT2D eigenvalue weighted by Crippen LogP contribution is 2.32. The summed E-state index contributed by atoms with van der Waals surface area (Å²) in [5.41, 5.74) is 5.70. The Morgan fingerprint density at radius 1 is 1.35 bits per heavy atom. The lowest BCUT2D eigenvalue weighted by atomic mass is 10.2. The van der Waals surface area contributed by atoms with Gasteiger partial charge in [0.2, 0.25) is 0 Å². The molecule has 4 nitrogen and oxygen atoms in total. The molecule has 0 aliphatic rings. The van der Waals surface area contributed by atoms with Crippen LogP contribution < -0.4 is 10.5 Å². The zero-order valence-electron chi connectivity index (χ0n) is 10.8. The maximum Gasteiger partial charge on any atom is 0.419 e. The Kier molecular flexibility index (Phi) is 3.87. The number of benzene rings is 1. The van der Waals surface area contributed by atoms with Crippen LogP contribution in [0, 0.1) is 0 Å². The van der Waals surface area contributed by atoms with E-state index < -0.39 is 11.7 Å². The number of hydrogen-bond acceptors (Lipinski definition) is 3. The molecule has 0 spiro atoms. The number of hydrogen-bond donors (Lipinski definition) is 1. The van der Waals surface area contributed by atoms with E-state index in [4.69, 9.17) is 10.5 Å². The molecule has 2 rings (SSSR count). The summed E-state index contributed by atoms with van der Waals surface area (Å²) < 4.78 is 44.2. The highest BCUT2D eigenvalue weighted by molar-refractivity contribution is 5.66. The summed E-state index contributed by atoms with van der Waals surface area (Å²) in [5.74, 6) is 0.438. The molecule has 1 aromatic carbocycles. The van der Waals surface area contributed by atoms with E-state index in [1.807, 2.05) is 6.92 Å². The SMILES string of the molecule is CCCOc1cccc(-n2cc(C(F)(F)F)cn2)c1N. The molecule has 1 heterocycles. The molecule has 0 saturated carbocycles. The maximum absolute atomic E-state index is 12.6. The van der Waals surface area contributed by atoms with E-state index in [9.17, 15) is 13.2 Å². The molecule has 0 amide bonds. The van der Waals surface area contributed by atoms with Gasteiger partial charge in [-0.05, 0) is 18.6 Å². The average molecular weight is 285 g/mol. The lowest BCUT2D eigenvalue weighted by Crippen LogP contribution is -2.05. The highest BCUT2D eigenvalue weighted by atomic mass is 19.4. The topological polar surface area (TPSA) is 53.1 Å². The van der Waals surface area contributed by atoms with E-state index in [2.05, 4.69) is 5.10 Å². The number of nitrogens with two attached hydrogens (primary N) is 1. The summed E-state index contributed by atoms with van der Waals surface area (Å²) in [4.78, 5) is 0. The minimum Gasteiger partial charge on any atom is -0.491 e. The van der Waals surface area contributed by atoms with E-state index in [1.165, 1.54) is 0 Å². The van der Waals surface area contributed by atoms with Crippen molar-refractivity contribution in [1.29, 1.82) is 0 Å². The van der Waals surface area contributed by atoms with Crippen LogP contribution in [0.1, 0.15) is 18.9 Å². The first-order valence-electron chi connectivity index (χ1n) is 6.07. The summed E-state index contributed by atoms with van der Waals surface area (Å²) in [6.45, 7) is 2.43. The van der Waals surface area contributed by atoms with Gasteiger partial charge < -0.3 is 10.5 Å². The average Bonchev–Trinajstić information content (AvgIpc) is 2.87. The largest absolute Gasteiger partial charge is 0.491 e. The predicted octanol–water partition coefficient (Wildman–Crippen LogP) is 3.26. The lowest BCUT2D eigenvalue weighted by molar-refractivity contribution is -0.137. The first kappa shape index (κ1) is 14.2. The molecule has 0 fully saturated rings. The molecule has 7 heteroatoms. The first-order chi connectivity index (χ1) is 9.43. The van der Waals surface area contributed by atoms with Crippen LogP contribution in [0.4, 0.5) is 18.9 Å². The number of para-hydroxylation sites is 1. The zero-order valence-corrected chi connectivity index (χ0v) is 10.8. The van der Waals surface area contributed by atoms with Crippen molar-refractivity contribution in [1.82, 2.24) is 9.78 Å². The molecule has 2 N–H and O–H groups in total. The minimum atomic E-state index is -4.43. The van der Waals surface area contributed by atoms with Gasteiger partial charge in [-0.25, -0.2) is 4.68 Å². The van der Waals surface area contributed by atoms with Gasteiger partial charge in [-0.1, -0.05) is 13.0 Å². The molecule has 108 valence electrons. The Labute approximate surface area is 114 Å². The van der Waals surface area contributed by atoms with Crippen LogP contribution in [0.2, 0.25) is 0 Å². The van der Waals surface area contributed by atoms with Gasteiger partial charge in [-0.2, -0.15) is 18.3 Å². The Morgan fingerprint density at radius 2 is 2.10 bits per heavy atom. The molecule has 0 bridgehead atoms. The fourth-order valence-electron chi connectivity index (χ4n) is 1.67. The quantitative estimate of drug-likeness (QED) is 0.877. The van der Waals surface area contributed by atoms with E-state index in [-0.39, 0.29) is 5.69 Å². The number of nitrogen functional groups attached to an aromatic ring is 1. The summed E-state index contributed by atoms with van der Waals surface area (Å²) in [7, 11) is 0. The van der Waals surface area contributed by atoms with Gasteiger partial charge in [0.05, 0.1) is 24.1 Å². The fraction of sp³-hybridized carbons (Fsp3) is 0.308. The van der Waals surface area contributed by atoms with Gasteiger partial charge in [-0.15, -0.1) is 0 Å². The van der Waals surface area contributed by atoms with E-state index >= 15 is 0 Å². The van der Waals surface area contributed by atoms with Crippen molar-refractivity contribution >= 4 is 5.69 Å². The Balaban J connectivity index is 2.35. The number of anilines is 1. The van der Waals surface area contributed by atoms with Crippen LogP contribution in [0.3, 0.4) is 0 Å². The van der Waals surface area contributed by atoms with Gasteiger partial charge in [0, 0.05) is 6.20 Å². The third kappa shape index (κ3) is 2.87. The Morgan fingerprint density at radius 3 is 2.70 bits per heavy atom. The van der Waals surface area contributed by atoms with Crippen LogP contribution in [0.25, 0.3) is 5.69 Å². The smallest absolute Gasteiger partial charge is 0.419 e. The predicted molar refractivity (Wildman–Crippen MR) is 68.8 cm³/mol. The van der Waals surface area contributed by atoms with Crippen molar-refractivity contribution in [2.24, 2.45) is 0 Å². The van der Waals surface area contributed by atoms with Crippen molar-refractivity contribution in [2.75, 3.05) is 12.3 Å². The number of halogens is 3. The number of rotatable bonds is 4. The monoisotopic (exact) mass is 285 g/mol. The molecular formula is C13H14F3N3O. The second kappa shape index (κ2) is 5.44. The molecule has 20 heavy (non-hydrogen) atoms. The van der Waals surface area contributed by atoms with Gasteiger partial charge in [0.25, 0.3) is 0 Å². The lowest BCUT2D eigenvalue weighted by Gasteiger charge is -2.11. The molecular weight excluding hydrogens is 271 g/mol. The Bertz CT molecular complexity index is 593. The maximum atomic E-state index is 12.6. The van der Waals surface area contributed by atoms with Crippen LogP contribution in [0.15, 0.2) is 30.6 Å². The van der Waals surface area contributed by atoms with Crippen LogP contribution in [-0.2, 0) is 6.18 Å². The molecule has 1 aromatic heterocycles. The van der Waals surface area contributed by atoms with Gasteiger partial charge in [0.15, 0.2) is 0 Å². The number of nitrogens with zero attached hydrogens (tertiary/aromatic N) is 2. The first-order valence-corrected chi connectivity index (χ1v) is 6.07. The summed E-state index contributed by atoms with van der Waals surface area (Å²) in [6.07, 6.45) is -1.96. The summed E-state index contributed by atoms with van der Waals surface area (Å²) in [6, 6.07) is 4.91. The normalized spacial score (nSPS) is 11.6. The number of ether oxygens (including phenoxy) is 1. The molecule has 0 radical (unpaired) electrons. The fourth-order valence-corrected chi connectivity index (χ4v) is 1.67. The molecule has 0 aliphatic heterocycles. The van der Waals surface area contributed by atoms with Crippen LogP contribution >= 0.6 is 0 Å². The second-order valence-electron chi connectivity index (χ2n) is 4.21. The molecule has 0 aliphatic carbocycles. The third-order valence-electron chi connectivity index (χ3n) is 2.66. The van der Waals surface area contributed by atoms with Crippen LogP contribution in [-0.4, -0.2) is 16.4 Å². The number of aromatic nitrogens is 2. The summed E-state index contributed by atoms with van der Waals surface area (Å²) in [5, 5.41) is 3.70. The molecule has 0 unspecified atom stereocenters. The van der Waals surface area contributed by atoms with Crippen molar-refractivity contribution in [3.63, 3.8) is 0 Å². The van der Waals surface area contributed by atoms with E-state index in [1.54, 1.807) is 18.2 Å². The molecule has 2 aromatic rings. The second-order valence-corrected chi connectivity index (χ2v) is 4.21. The number of alkyl halides is 3. The summed E-state index contributed by atoms with van der Waals surface area (Å²) >= 11 is 0. The minimum absolute atomic E-state index is 0.262. The molecule has 0 saturated heterocycles. The third-order valence-corrected chi connectivity index (χ3v) is 2.66. The van der Waals surface area contributed by atoms with Gasteiger partial charge in [-0.3, -0.25) is 0 Å². The van der Waals surface area contributed by atoms with Crippen molar-refractivity contribution in [3.8, 4) is 11.4 Å². The van der Waals surface area contributed by atoms with Gasteiger partial charge >= 0.3 is 6.18 Å². The highest BCUT2D eigenvalue weighted by Gasteiger charge is 2.32.